The molecule has 21 heavy (non-hydrogen) atoms. The SMILES string of the molecule is CCN(CCOc1ccc(C(=O)O)cc1)CC(=O)N(C)C. The zero-order valence-corrected chi connectivity index (χ0v) is 12.7. The largest absolute Gasteiger partial charge is 0.492 e. The van der Waals surface area contributed by atoms with E-state index in [1.807, 2.05) is 11.8 Å². The second-order valence-corrected chi connectivity index (χ2v) is 4.83. The van der Waals surface area contributed by atoms with Crippen molar-refractivity contribution < 1.29 is 19.4 Å². The fraction of sp³-hybridized carbons (Fsp3) is 0.467. The molecule has 1 aromatic carbocycles. The van der Waals surface area contributed by atoms with Crippen LogP contribution in [-0.2, 0) is 4.79 Å². The van der Waals surface area contributed by atoms with Crippen molar-refractivity contribution in [3.05, 3.63) is 29.8 Å². The van der Waals surface area contributed by atoms with E-state index in [4.69, 9.17) is 9.84 Å². The summed E-state index contributed by atoms with van der Waals surface area (Å²) < 4.78 is 5.56. The number of aromatic carboxylic acids is 1. The van der Waals surface area contributed by atoms with Crippen molar-refractivity contribution in [2.75, 3.05) is 40.3 Å². The normalized spacial score (nSPS) is 10.5. The highest BCUT2D eigenvalue weighted by atomic mass is 16.5. The molecule has 0 aliphatic carbocycles. The van der Waals surface area contributed by atoms with Gasteiger partial charge in [-0.2, -0.15) is 0 Å². The Morgan fingerprint density at radius 3 is 2.29 bits per heavy atom. The first-order chi connectivity index (χ1) is 9.93. The van der Waals surface area contributed by atoms with Crippen LogP contribution in [0.5, 0.6) is 5.75 Å². The Labute approximate surface area is 124 Å². The minimum atomic E-state index is -0.957. The molecule has 0 aliphatic rings. The molecule has 0 fully saturated rings. The number of likely N-dealkylation sites (N-methyl/N-ethyl adjacent to an activating group) is 2. The second-order valence-electron chi connectivity index (χ2n) is 4.83. The smallest absolute Gasteiger partial charge is 0.335 e. The van der Waals surface area contributed by atoms with Crippen LogP contribution in [0.25, 0.3) is 0 Å². The maximum atomic E-state index is 11.6. The van der Waals surface area contributed by atoms with E-state index in [9.17, 15) is 9.59 Å². The zero-order chi connectivity index (χ0) is 15.8. The highest BCUT2D eigenvalue weighted by Crippen LogP contribution is 2.12. The molecule has 116 valence electrons. The topological polar surface area (TPSA) is 70.1 Å². The van der Waals surface area contributed by atoms with Gasteiger partial charge in [0.05, 0.1) is 12.1 Å². The average molecular weight is 294 g/mol. The number of hydrogen-bond acceptors (Lipinski definition) is 4. The van der Waals surface area contributed by atoms with Crippen molar-refractivity contribution in [3.63, 3.8) is 0 Å². The van der Waals surface area contributed by atoms with E-state index in [0.717, 1.165) is 6.54 Å². The highest BCUT2D eigenvalue weighted by molar-refractivity contribution is 5.87. The summed E-state index contributed by atoms with van der Waals surface area (Å²) in [6, 6.07) is 6.27. The number of amides is 1. The molecule has 0 heterocycles. The van der Waals surface area contributed by atoms with Crippen LogP contribution < -0.4 is 4.74 Å². The summed E-state index contributed by atoms with van der Waals surface area (Å²) >= 11 is 0. The lowest BCUT2D eigenvalue weighted by Gasteiger charge is -2.21. The monoisotopic (exact) mass is 294 g/mol. The van der Waals surface area contributed by atoms with Crippen molar-refractivity contribution in [2.24, 2.45) is 0 Å². The van der Waals surface area contributed by atoms with Crippen LogP contribution in [0.1, 0.15) is 17.3 Å². The van der Waals surface area contributed by atoms with Crippen LogP contribution in [0.4, 0.5) is 0 Å². The van der Waals surface area contributed by atoms with Crippen molar-refractivity contribution in [1.29, 1.82) is 0 Å². The molecule has 1 N–H and O–H groups in total. The third kappa shape index (κ3) is 5.83. The van der Waals surface area contributed by atoms with E-state index in [-0.39, 0.29) is 11.5 Å². The first-order valence-corrected chi connectivity index (χ1v) is 6.82. The van der Waals surface area contributed by atoms with Gasteiger partial charge in [-0.3, -0.25) is 9.69 Å². The van der Waals surface area contributed by atoms with Crippen LogP contribution in [-0.4, -0.2) is 67.1 Å². The quantitative estimate of drug-likeness (QED) is 0.779. The molecule has 0 atom stereocenters. The Morgan fingerprint density at radius 1 is 1.19 bits per heavy atom. The van der Waals surface area contributed by atoms with Gasteiger partial charge in [0, 0.05) is 20.6 Å². The number of carboxylic acid groups (broad SMARTS) is 1. The van der Waals surface area contributed by atoms with Gasteiger partial charge in [0.2, 0.25) is 5.91 Å². The predicted molar refractivity (Wildman–Crippen MR) is 79.7 cm³/mol. The van der Waals surface area contributed by atoms with Crippen molar-refractivity contribution >= 4 is 11.9 Å². The van der Waals surface area contributed by atoms with Crippen LogP contribution >= 0.6 is 0 Å². The van der Waals surface area contributed by atoms with Crippen molar-refractivity contribution in [3.8, 4) is 5.75 Å². The van der Waals surface area contributed by atoms with Crippen LogP contribution in [0.15, 0.2) is 24.3 Å². The molecule has 0 spiro atoms. The van der Waals surface area contributed by atoms with E-state index in [2.05, 4.69) is 0 Å². The number of carbonyl (C=O) groups excluding carboxylic acids is 1. The van der Waals surface area contributed by atoms with Gasteiger partial charge in [-0.25, -0.2) is 4.79 Å². The number of carboxylic acids is 1. The first-order valence-electron chi connectivity index (χ1n) is 6.82. The molecular formula is C15H22N2O4. The van der Waals surface area contributed by atoms with Gasteiger partial charge < -0.3 is 14.7 Å². The van der Waals surface area contributed by atoms with Gasteiger partial charge >= 0.3 is 5.97 Å². The number of carbonyl (C=O) groups is 2. The van der Waals surface area contributed by atoms with Crippen LogP contribution in [0, 0.1) is 0 Å². The molecule has 0 aromatic heterocycles. The molecule has 6 nitrogen and oxygen atoms in total. The molecule has 1 aromatic rings. The van der Waals surface area contributed by atoms with Crippen LogP contribution in [0.2, 0.25) is 0 Å². The number of nitrogens with zero attached hydrogens (tertiary/aromatic N) is 2. The molecule has 0 saturated carbocycles. The van der Waals surface area contributed by atoms with Crippen molar-refractivity contribution in [1.82, 2.24) is 9.80 Å². The standard InChI is InChI=1S/C15H22N2O4/c1-4-17(11-14(18)16(2)3)9-10-21-13-7-5-12(6-8-13)15(19)20/h5-8H,4,9-11H2,1-3H3,(H,19,20). The van der Waals surface area contributed by atoms with Gasteiger partial charge in [-0.15, -0.1) is 0 Å². The first kappa shape index (κ1) is 17.0. The fourth-order valence-corrected chi connectivity index (χ4v) is 1.67. The minimum Gasteiger partial charge on any atom is -0.492 e. The third-order valence-electron chi connectivity index (χ3n) is 3.08. The van der Waals surface area contributed by atoms with E-state index < -0.39 is 5.97 Å². The minimum absolute atomic E-state index is 0.0580. The van der Waals surface area contributed by atoms with Crippen molar-refractivity contribution in [2.45, 2.75) is 6.92 Å². The lowest BCUT2D eigenvalue weighted by molar-refractivity contribution is -0.129. The molecule has 1 amide bonds. The van der Waals surface area contributed by atoms with E-state index in [1.54, 1.807) is 31.1 Å². The summed E-state index contributed by atoms with van der Waals surface area (Å²) in [7, 11) is 3.47. The number of benzene rings is 1. The molecule has 0 aliphatic heterocycles. The summed E-state index contributed by atoms with van der Waals surface area (Å²) in [6.07, 6.45) is 0. The molecule has 0 radical (unpaired) electrons. The number of ether oxygens (including phenoxy) is 1. The molecule has 0 saturated heterocycles. The summed E-state index contributed by atoms with van der Waals surface area (Å²) in [5.74, 6) is -0.279. The van der Waals surface area contributed by atoms with Gasteiger partial charge in [0.1, 0.15) is 12.4 Å². The van der Waals surface area contributed by atoms with E-state index in [1.165, 1.54) is 12.1 Å². The highest BCUT2D eigenvalue weighted by Gasteiger charge is 2.10. The maximum Gasteiger partial charge on any atom is 0.335 e. The zero-order valence-electron chi connectivity index (χ0n) is 12.7. The number of rotatable bonds is 8. The molecule has 1 rings (SSSR count). The summed E-state index contributed by atoms with van der Waals surface area (Å²) in [4.78, 5) is 25.9. The molecular weight excluding hydrogens is 272 g/mol. The lowest BCUT2D eigenvalue weighted by atomic mass is 10.2. The average Bonchev–Trinajstić information content (AvgIpc) is 2.46. The molecule has 6 heteroatoms. The third-order valence-corrected chi connectivity index (χ3v) is 3.08. The van der Waals surface area contributed by atoms with Gasteiger partial charge in [0.15, 0.2) is 0 Å². The molecule has 0 unspecified atom stereocenters. The van der Waals surface area contributed by atoms with Crippen LogP contribution in [0.3, 0.4) is 0 Å². The Kier molecular flexibility index (Phi) is 6.68. The Bertz CT molecular complexity index is 471. The lowest BCUT2D eigenvalue weighted by Crippen LogP contribution is -2.38. The Morgan fingerprint density at radius 2 is 1.81 bits per heavy atom. The number of hydrogen-bond donors (Lipinski definition) is 1. The van der Waals surface area contributed by atoms with Gasteiger partial charge in [0.25, 0.3) is 0 Å². The van der Waals surface area contributed by atoms with Gasteiger partial charge in [-0.1, -0.05) is 6.92 Å². The second kappa shape index (κ2) is 8.26. The van der Waals surface area contributed by atoms with E-state index >= 15 is 0 Å². The summed E-state index contributed by atoms with van der Waals surface area (Å²) in [5, 5.41) is 8.80. The molecule has 0 bridgehead atoms. The Balaban J connectivity index is 2.40. The fourth-order valence-electron chi connectivity index (χ4n) is 1.67. The summed E-state index contributed by atoms with van der Waals surface area (Å²) in [5.41, 5.74) is 0.231. The Hall–Kier alpha value is -2.08. The summed E-state index contributed by atoms with van der Waals surface area (Å²) in [6.45, 7) is 4.20. The van der Waals surface area contributed by atoms with E-state index in [0.29, 0.717) is 25.4 Å². The van der Waals surface area contributed by atoms with Gasteiger partial charge in [-0.05, 0) is 30.8 Å². The predicted octanol–water partition coefficient (Wildman–Crippen LogP) is 1.17. The maximum absolute atomic E-state index is 11.6.